The molecule has 0 aliphatic heterocycles. The van der Waals surface area contributed by atoms with Gasteiger partial charge in [-0.25, -0.2) is 14.8 Å². The average Bonchev–Trinajstić information content (AvgIpc) is 2.85. The normalized spacial score (nSPS) is 11.8. The number of benzene rings is 1. The van der Waals surface area contributed by atoms with Crippen molar-refractivity contribution in [3.63, 3.8) is 0 Å². The van der Waals surface area contributed by atoms with Crippen molar-refractivity contribution in [2.75, 3.05) is 13.2 Å². The van der Waals surface area contributed by atoms with E-state index in [0.29, 0.717) is 24.5 Å². The van der Waals surface area contributed by atoms with E-state index in [1.807, 2.05) is 24.3 Å². The first kappa shape index (κ1) is 26.8. The van der Waals surface area contributed by atoms with Crippen LogP contribution in [0.2, 0.25) is 0 Å². The van der Waals surface area contributed by atoms with Gasteiger partial charge in [0.15, 0.2) is 0 Å². The van der Waals surface area contributed by atoms with Crippen LogP contribution in [0.3, 0.4) is 0 Å². The largest absolute Gasteiger partial charge is 0.493 e. The number of carbonyl (C=O) groups is 1. The lowest BCUT2D eigenvalue weighted by molar-refractivity contribution is 0.0497. The monoisotopic (exact) mass is 454 g/mol. The number of hydrogen-bond donors (Lipinski definition) is 0. The molecule has 1 atom stereocenters. The topological polar surface area (TPSA) is 61.3 Å². The summed E-state index contributed by atoms with van der Waals surface area (Å²) in [4.78, 5) is 21.2. The van der Waals surface area contributed by atoms with Crippen molar-refractivity contribution >= 4 is 5.97 Å². The Kier molecular flexibility index (Phi) is 13.2. The second-order valence-electron chi connectivity index (χ2n) is 8.90. The fourth-order valence-electron chi connectivity index (χ4n) is 3.76. The summed E-state index contributed by atoms with van der Waals surface area (Å²) in [5, 5.41) is 0. The maximum Gasteiger partial charge on any atom is 0.341 e. The summed E-state index contributed by atoms with van der Waals surface area (Å²) in [6.45, 7) is 7.82. The van der Waals surface area contributed by atoms with E-state index in [-0.39, 0.29) is 5.97 Å². The molecule has 1 heterocycles. The number of ether oxygens (including phenoxy) is 2. The van der Waals surface area contributed by atoms with Crippen LogP contribution in [0.4, 0.5) is 0 Å². The van der Waals surface area contributed by atoms with Crippen LogP contribution in [0.25, 0.3) is 11.3 Å². The fraction of sp³-hybridized carbons (Fsp3) is 0.607. The molecule has 1 unspecified atom stereocenters. The van der Waals surface area contributed by atoms with Crippen molar-refractivity contribution in [3.8, 4) is 17.0 Å². The Labute approximate surface area is 200 Å². The first-order valence-corrected chi connectivity index (χ1v) is 12.9. The van der Waals surface area contributed by atoms with Gasteiger partial charge in [0.25, 0.3) is 0 Å². The minimum atomic E-state index is -0.377. The Morgan fingerprint density at radius 1 is 0.939 bits per heavy atom. The minimum absolute atomic E-state index is 0.377. The van der Waals surface area contributed by atoms with E-state index >= 15 is 0 Å². The Morgan fingerprint density at radius 2 is 1.67 bits per heavy atom. The van der Waals surface area contributed by atoms with Crippen LogP contribution >= 0.6 is 0 Å². The predicted molar refractivity (Wildman–Crippen MR) is 135 cm³/mol. The van der Waals surface area contributed by atoms with Crippen molar-refractivity contribution in [3.05, 3.63) is 42.4 Å². The van der Waals surface area contributed by atoms with E-state index in [1.54, 1.807) is 0 Å². The molecule has 33 heavy (non-hydrogen) atoms. The molecule has 2 rings (SSSR count). The van der Waals surface area contributed by atoms with Crippen LogP contribution in [-0.4, -0.2) is 29.2 Å². The van der Waals surface area contributed by atoms with Crippen molar-refractivity contribution in [1.82, 2.24) is 9.97 Å². The molecule has 5 nitrogen and oxygen atoms in total. The third kappa shape index (κ3) is 9.93. The first-order valence-electron chi connectivity index (χ1n) is 12.9. The molecular formula is C28H42N2O3. The van der Waals surface area contributed by atoms with Gasteiger partial charge in [-0.3, -0.25) is 0 Å². The molecule has 2 aromatic rings. The number of esters is 1. The standard InChI is InChI=1S/C28H42N2O3/c1-4-6-7-8-9-14-19-32-26-18-13-12-17-24(26)27-25(21-29-22-30-27)28(31)33-20-15-10-11-16-23(3)5-2/h12-13,17-18,21-23H,4-11,14-16,19-20H2,1-3H3. The van der Waals surface area contributed by atoms with Gasteiger partial charge in [-0.15, -0.1) is 0 Å². The van der Waals surface area contributed by atoms with Gasteiger partial charge in [0, 0.05) is 11.8 Å². The van der Waals surface area contributed by atoms with Crippen LogP contribution in [0, 0.1) is 5.92 Å². The summed E-state index contributed by atoms with van der Waals surface area (Å²) in [7, 11) is 0. The lowest BCUT2D eigenvalue weighted by atomic mass is 10.0. The smallest absolute Gasteiger partial charge is 0.341 e. The molecule has 182 valence electrons. The molecule has 1 aromatic heterocycles. The Hall–Kier alpha value is -2.43. The summed E-state index contributed by atoms with van der Waals surface area (Å²) < 4.78 is 11.6. The average molecular weight is 455 g/mol. The number of unbranched alkanes of at least 4 members (excludes halogenated alkanes) is 7. The highest BCUT2D eigenvalue weighted by molar-refractivity contribution is 5.96. The summed E-state index contributed by atoms with van der Waals surface area (Å²) >= 11 is 0. The molecule has 0 bridgehead atoms. The summed E-state index contributed by atoms with van der Waals surface area (Å²) in [6.07, 6.45) is 15.9. The van der Waals surface area contributed by atoms with Gasteiger partial charge in [0.1, 0.15) is 17.6 Å². The Morgan fingerprint density at radius 3 is 2.48 bits per heavy atom. The van der Waals surface area contributed by atoms with E-state index in [1.165, 1.54) is 63.9 Å². The molecule has 0 N–H and O–H groups in total. The van der Waals surface area contributed by atoms with Gasteiger partial charge < -0.3 is 9.47 Å². The molecule has 1 aromatic carbocycles. The number of nitrogens with zero attached hydrogens (tertiary/aromatic N) is 2. The SMILES string of the molecule is CCCCCCCCOc1ccccc1-c1ncncc1C(=O)OCCCCCC(C)CC. The van der Waals surface area contributed by atoms with Gasteiger partial charge in [0.05, 0.1) is 18.9 Å². The second kappa shape index (κ2) is 16.2. The quantitative estimate of drug-likeness (QED) is 0.181. The van der Waals surface area contributed by atoms with E-state index in [4.69, 9.17) is 9.47 Å². The number of rotatable bonds is 17. The summed E-state index contributed by atoms with van der Waals surface area (Å²) in [5.41, 5.74) is 1.74. The zero-order valence-corrected chi connectivity index (χ0v) is 20.9. The number of para-hydroxylation sites is 1. The third-order valence-electron chi connectivity index (χ3n) is 6.10. The van der Waals surface area contributed by atoms with Gasteiger partial charge in [-0.05, 0) is 30.9 Å². The summed E-state index contributed by atoms with van der Waals surface area (Å²) in [6, 6.07) is 7.74. The Bertz CT molecular complexity index is 809. The van der Waals surface area contributed by atoms with Gasteiger partial charge in [-0.2, -0.15) is 0 Å². The molecule has 0 radical (unpaired) electrons. The lowest BCUT2D eigenvalue weighted by Gasteiger charge is -2.13. The molecular weight excluding hydrogens is 412 g/mol. The summed E-state index contributed by atoms with van der Waals surface area (Å²) in [5.74, 6) is 1.13. The van der Waals surface area contributed by atoms with Crippen molar-refractivity contribution in [2.45, 2.75) is 91.4 Å². The van der Waals surface area contributed by atoms with E-state index in [9.17, 15) is 4.79 Å². The molecule has 0 saturated heterocycles. The highest BCUT2D eigenvalue weighted by Gasteiger charge is 2.18. The second-order valence-corrected chi connectivity index (χ2v) is 8.90. The van der Waals surface area contributed by atoms with E-state index < -0.39 is 0 Å². The van der Waals surface area contributed by atoms with Crippen LogP contribution in [0.15, 0.2) is 36.8 Å². The maximum absolute atomic E-state index is 12.8. The van der Waals surface area contributed by atoms with Crippen LogP contribution in [0.1, 0.15) is 102 Å². The van der Waals surface area contributed by atoms with Crippen molar-refractivity contribution in [2.24, 2.45) is 5.92 Å². The third-order valence-corrected chi connectivity index (χ3v) is 6.10. The van der Waals surface area contributed by atoms with E-state index in [2.05, 4.69) is 30.7 Å². The van der Waals surface area contributed by atoms with Crippen LogP contribution in [0.5, 0.6) is 5.75 Å². The minimum Gasteiger partial charge on any atom is -0.493 e. The molecule has 0 spiro atoms. The fourth-order valence-corrected chi connectivity index (χ4v) is 3.76. The number of aromatic nitrogens is 2. The van der Waals surface area contributed by atoms with Gasteiger partial charge in [-0.1, -0.05) is 90.7 Å². The zero-order valence-electron chi connectivity index (χ0n) is 20.9. The van der Waals surface area contributed by atoms with Gasteiger partial charge >= 0.3 is 5.97 Å². The number of hydrogen-bond acceptors (Lipinski definition) is 5. The van der Waals surface area contributed by atoms with E-state index in [0.717, 1.165) is 36.5 Å². The number of carbonyl (C=O) groups excluding carboxylic acids is 1. The molecule has 0 amide bonds. The lowest BCUT2D eigenvalue weighted by Crippen LogP contribution is -2.10. The highest BCUT2D eigenvalue weighted by Crippen LogP contribution is 2.31. The van der Waals surface area contributed by atoms with Gasteiger partial charge in [0.2, 0.25) is 0 Å². The maximum atomic E-state index is 12.8. The Balaban J connectivity index is 1.91. The zero-order chi connectivity index (χ0) is 23.7. The van der Waals surface area contributed by atoms with Crippen LogP contribution < -0.4 is 4.74 Å². The van der Waals surface area contributed by atoms with Crippen LogP contribution in [-0.2, 0) is 4.74 Å². The predicted octanol–water partition coefficient (Wildman–Crippen LogP) is 7.65. The molecule has 0 fully saturated rings. The molecule has 0 aliphatic carbocycles. The molecule has 0 saturated carbocycles. The highest BCUT2D eigenvalue weighted by atomic mass is 16.5. The first-order chi connectivity index (χ1) is 16.2. The van der Waals surface area contributed by atoms with Crippen molar-refractivity contribution < 1.29 is 14.3 Å². The molecule has 5 heteroatoms. The molecule has 0 aliphatic rings. The van der Waals surface area contributed by atoms with Crippen molar-refractivity contribution in [1.29, 1.82) is 0 Å².